The van der Waals surface area contributed by atoms with Gasteiger partial charge in [0.05, 0.1) is 22.5 Å². The number of amides is 2. The van der Waals surface area contributed by atoms with E-state index in [0.717, 1.165) is 24.0 Å². The molecule has 2 rings (SSSR count). The van der Waals surface area contributed by atoms with Gasteiger partial charge in [-0.25, -0.2) is 8.42 Å². The fourth-order valence-corrected chi connectivity index (χ4v) is 4.63. The van der Waals surface area contributed by atoms with Crippen LogP contribution >= 0.6 is 11.6 Å². The minimum absolute atomic E-state index is 0.0753. The van der Waals surface area contributed by atoms with Gasteiger partial charge < -0.3 is 10.2 Å². The van der Waals surface area contributed by atoms with Crippen molar-refractivity contribution in [1.82, 2.24) is 10.2 Å². The average Bonchev–Trinajstić information content (AvgIpc) is 2.82. The quantitative estimate of drug-likeness (QED) is 0.438. The highest BCUT2D eigenvalue weighted by Gasteiger charge is 2.34. The van der Waals surface area contributed by atoms with Crippen LogP contribution in [0.3, 0.4) is 0 Å². The lowest BCUT2D eigenvalue weighted by Crippen LogP contribution is -2.53. The maximum atomic E-state index is 13.5. The molecule has 1 N–H and O–H groups in total. The van der Waals surface area contributed by atoms with E-state index in [-0.39, 0.29) is 17.6 Å². The van der Waals surface area contributed by atoms with Gasteiger partial charge in [0.15, 0.2) is 0 Å². The molecule has 0 aliphatic heterocycles. The van der Waals surface area contributed by atoms with Crippen LogP contribution in [0.4, 0.5) is 18.9 Å². The molecular formula is C25H31ClF3N3O4S. The second kappa shape index (κ2) is 12.6. The van der Waals surface area contributed by atoms with E-state index in [0.29, 0.717) is 23.2 Å². The largest absolute Gasteiger partial charge is 0.416 e. The fourth-order valence-electron chi connectivity index (χ4n) is 3.51. The Morgan fingerprint density at radius 1 is 1.08 bits per heavy atom. The van der Waals surface area contributed by atoms with Crippen molar-refractivity contribution < 1.29 is 31.2 Å². The lowest BCUT2D eigenvalue weighted by Gasteiger charge is -2.32. The fraction of sp³-hybridized carbons (Fsp3) is 0.440. The van der Waals surface area contributed by atoms with Crippen LogP contribution in [0.15, 0.2) is 48.5 Å². The normalized spacial score (nSPS) is 13.5. The maximum Gasteiger partial charge on any atom is 0.416 e. The van der Waals surface area contributed by atoms with Gasteiger partial charge in [-0.15, -0.1) is 0 Å². The molecule has 204 valence electrons. The van der Waals surface area contributed by atoms with Crippen LogP contribution in [0, 0.1) is 0 Å². The smallest absolute Gasteiger partial charge is 0.352 e. The number of carbonyl (C=O) groups is 2. The number of halogens is 4. The van der Waals surface area contributed by atoms with Gasteiger partial charge in [-0.2, -0.15) is 13.2 Å². The van der Waals surface area contributed by atoms with Crippen molar-refractivity contribution in [3.05, 3.63) is 64.7 Å². The Hall–Kier alpha value is -2.79. The summed E-state index contributed by atoms with van der Waals surface area (Å²) in [5.41, 5.74) is -0.710. The number of anilines is 1. The zero-order valence-electron chi connectivity index (χ0n) is 21.0. The van der Waals surface area contributed by atoms with Gasteiger partial charge in [-0.05, 0) is 50.5 Å². The van der Waals surface area contributed by atoms with Gasteiger partial charge in [-0.1, -0.05) is 48.9 Å². The number of sulfonamides is 1. The lowest BCUT2D eigenvalue weighted by molar-refractivity contribution is -0.139. The van der Waals surface area contributed by atoms with Crippen LogP contribution in [0.25, 0.3) is 0 Å². The number of rotatable bonds is 11. The molecule has 0 bridgehead atoms. The van der Waals surface area contributed by atoms with Crippen LogP contribution in [0.2, 0.25) is 5.02 Å². The van der Waals surface area contributed by atoms with Crippen molar-refractivity contribution in [3.63, 3.8) is 0 Å². The number of benzene rings is 2. The predicted molar refractivity (Wildman–Crippen MR) is 138 cm³/mol. The van der Waals surface area contributed by atoms with Crippen LogP contribution in [0.5, 0.6) is 0 Å². The minimum atomic E-state index is -4.75. The molecule has 0 aliphatic carbocycles. The first-order valence-corrected chi connectivity index (χ1v) is 13.9. The molecule has 2 aromatic rings. The van der Waals surface area contributed by atoms with Crippen molar-refractivity contribution >= 4 is 39.1 Å². The summed E-state index contributed by atoms with van der Waals surface area (Å²) in [6, 6.07) is 10.3. The highest BCUT2D eigenvalue weighted by molar-refractivity contribution is 7.92. The second-order valence-corrected chi connectivity index (χ2v) is 11.1. The standard InChI is InChI=1S/C25H31ClF3N3O4S/c1-5-17(2)30-24(34)18(3)31(14-13-19-9-7-6-8-10-19)23(33)16-32(37(4,35)36)22-15-20(25(27,28)29)11-12-21(22)26/h6-12,15,17-18H,5,13-14,16H2,1-4H3,(H,30,34)/t17-,18-/m0/s1. The highest BCUT2D eigenvalue weighted by atomic mass is 35.5. The first-order valence-electron chi connectivity index (χ1n) is 11.6. The molecule has 0 spiro atoms. The first kappa shape index (κ1) is 30.4. The summed E-state index contributed by atoms with van der Waals surface area (Å²) in [5, 5.41) is 2.53. The molecule has 2 atom stereocenters. The second-order valence-electron chi connectivity index (χ2n) is 8.75. The first-order chi connectivity index (χ1) is 17.1. The molecule has 0 aliphatic rings. The van der Waals surface area contributed by atoms with Crippen LogP contribution in [-0.2, 0) is 32.2 Å². The zero-order valence-corrected chi connectivity index (χ0v) is 22.6. The van der Waals surface area contributed by atoms with Crippen LogP contribution < -0.4 is 9.62 Å². The molecule has 0 unspecified atom stereocenters. The number of nitrogens with one attached hydrogen (secondary N) is 1. The van der Waals surface area contributed by atoms with Gasteiger partial charge in [0, 0.05) is 12.6 Å². The number of hydrogen-bond donors (Lipinski definition) is 1. The Morgan fingerprint density at radius 3 is 2.24 bits per heavy atom. The molecule has 7 nitrogen and oxygen atoms in total. The molecule has 0 saturated carbocycles. The third-order valence-corrected chi connectivity index (χ3v) is 7.32. The molecule has 2 aromatic carbocycles. The minimum Gasteiger partial charge on any atom is -0.352 e. The molecule has 2 amide bonds. The predicted octanol–water partition coefficient (Wildman–Crippen LogP) is 4.50. The summed E-state index contributed by atoms with van der Waals surface area (Å²) in [6.07, 6.45) is -2.95. The number of alkyl halides is 3. The molecule has 0 radical (unpaired) electrons. The Bertz CT molecular complexity index is 1190. The summed E-state index contributed by atoms with van der Waals surface area (Å²) in [6.45, 7) is 4.45. The van der Waals surface area contributed by atoms with Gasteiger partial charge in [0.2, 0.25) is 21.8 Å². The van der Waals surface area contributed by atoms with Crippen molar-refractivity contribution in [3.8, 4) is 0 Å². The molecular weight excluding hydrogens is 531 g/mol. The topological polar surface area (TPSA) is 86.8 Å². The molecule has 0 aromatic heterocycles. The van der Waals surface area contributed by atoms with Gasteiger partial charge in [0.1, 0.15) is 12.6 Å². The van der Waals surface area contributed by atoms with Crippen molar-refractivity contribution in [2.24, 2.45) is 0 Å². The van der Waals surface area contributed by atoms with E-state index < -0.39 is 51.9 Å². The number of carbonyl (C=O) groups excluding carboxylic acids is 2. The van der Waals surface area contributed by atoms with E-state index >= 15 is 0 Å². The van der Waals surface area contributed by atoms with Gasteiger partial charge in [0.25, 0.3) is 0 Å². The summed E-state index contributed by atoms with van der Waals surface area (Å²) < 4.78 is 65.7. The highest BCUT2D eigenvalue weighted by Crippen LogP contribution is 2.36. The van der Waals surface area contributed by atoms with Crippen molar-refractivity contribution in [2.45, 2.75) is 51.9 Å². The third kappa shape index (κ3) is 8.63. The van der Waals surface area contributed by atoms with E-state index in [1.165, 1.54) is 11.8 Å². The van der Waals surface area contributed by atoms with Gasteiger partial charge in [-0.3, -0.25) is 13.9 Å². The summed E-state index contributed by atoms with van der Waals surface area (Å²) >= 11 is 6.08. The summed E-state index contributed by atoms with van der Waals surface area (Å²) in [5.74, 6) is -1.19. The molecule has 0 fully saturated rings. The monoisotopic (exact) mass is 561 g/mol. The average molecular weight is 562 g/mol. The lowest BCUT2D eigenvalue weighted by atomic mass is 10.1. The van der Waals surface area contributed by atoms with Crippen molar-refractivity contribution in [2.75, 3.05) is 23.7 Å². The maximum absolute atomic E-state index is 13.5. The Kier molecular flexibility index (Phi) is 10.4. The number of hydrogen-bond acceptors (Lipinski definition) is 4. The van der Waals surface area contributed by atoms with Crippen LogP contribution in [-0.4, -0.2) is 56.6 Å². The third-order valence-electron chi connectivity index (χ3n) is 5.87. The van der Waals surface area contributed by atoms with E-state index in [1.807, 2.05) is 44.2 Å². The Morgan fingerprint density at radius 2 is 1.70 bits per heavy atom. The summed E-state index contributed by atoms with van der Waals surface area (Å²) in [4.78, 5) is 27.5. The Labute approximate surface area is 220 Å². The van der Waals surface area contributed by atoms with E-state index in [1.54, 1.807) is 0 Å². The zero-order chi connectivity index (χ0) is 28.0. The molecule has 0 saturated heterocycles. The van der Waals surface area contributed by atoms with Crippen molar-refractivity contribution in [1.29, 1.82) is 0 Å². The van der Waals surface area contributed by atoms with E-state index in [2.05, 4.69) is 5.32 Å². The van der Waals surface area contributed by atoms with E-state index in [9.17, 15) is 31.2 Å². The Balaban J connectivity index is 2.42. The van der Waals surface area contributed by atoms with Gasteiger partial charge >= 0.3 is 6.18 Å². The van der Waals surface area contributed by atoms with Crippen LogP contribution in [0.1, 0.15) is 38.3 Å². The SMILES string of the molecule is CC[C@H](C)NC(=O)[C@H](C)N(CCc1ccccc1)C(=O)CN(c1cc(C(F)(F)F)ccc1Cl)S(C)(=O)=O. The summed E-state index contributed by atoms with van der Waals surface area (Å²) in [7, 11) is -4.23. The molecule has 37 heavy (non-hydrogen) atoms. The molecule has 12 heteroatoms. The number of nitrogens with zero attached hydrogens (tertiary/aromatic N) is 2. The molecule has 0 heterocycles. The van der Waals surface area contributed by atoms with E-state index in [4.69, 9.17) is 11.6 Å².